The predicted molar refractivity (Wildman–Crippen MR) is 76.0 cm³/mol. The third-order valence-corrected chi connectivity index (χ3v) is 3.46. The number of methoxy groups -OCH3 is 1. The van der Waals surface area contributed by atoms with Crippen molar-refractivity contribution in [2.24, 2.45) is 5.73 Å². The fraction of sp³-hybridized carbons (Fsp3) is 0.385. The molecule has 0 aliphatic carbocycles. The summed E-state index contributed by atoms with van der Waals surface area (Å²) in [5, 5.41) is 3.97. The van der Waals surface area contributed by atoms with Gasteiger partial charge in [0.15, 0.2) is 0 Å². The molecule has 6 heteroatoms. The van der Waals surface area contributed by atoms with Crippen LogP contribution < -0.4 is 10.5 Å². The van der Waals surface area contributed by atoms with Crippen molar-refractivity contribution in [3.05, 3.63) is 28.6 Å². The fourth-order valence-electron chi connectivity index (χ4n) is 1.63. The molecule has 0 amide bonds. The summed E-state index contributed by atoms with van der Waals surface area (Å²) in [6.45, 7) is 2.03. The van der Waals surface area contributed by atoms with E-state index in [9.17, 15) is 0 Å². The Morgan fingerprint density at radius 1 is 1.47 bits per heavy atom. The van der Waals surface area contributed by atoms with Gasteiger partial charge in [-0.1, -0.05) is 12.1 Å². The molecule has 0 bridgehead atoms. The molecule has 1 heterocycles. The molecule has 0 saturated heterocycles. The smallest absolute Gasteiger partial charge is 0.228 e. The molecule has 2 aromatic rings. The zero-order valence-electron chi connectivity index (χ0n) is 10.9. The lowest BCUT2D eigenvalue weighted by Crippen LogP contribution is -2.21. The lowest BCUT2D eigenvalue weighted by atomic mass is 10.2. The van der Waals surface area contributed by atoms with Gasteiger partial charge in [-0.25, -0.2) is 0 Å². The molecule has 102 valence electrons. The normalized spacial score (nSPS) is 12.4. The summed E-state index contributed by atoms with van der Waals surface area (Å²) in [7, 11) is 1.62. The van der Waals surface area contributed by atoms with Gasteiger partial charge >= 0.3 is 0 Å². The van der Waals surface area contributed by atoms with E-state index in [1.165, 1.54) is 0 Å². The summed E-state index contributed by atoms with van der Waals surface area (Å²) in [5.41, 5.74) is 6.73. The maximum absolute atomic E-state index is 5.86. The van der Waals surface area contributed by atoms with Crippen LogP contribution in [-0.2, 0) is 6.42 Å². The molecule has 1 atom stereocenters. The molecular formula is C13H16BrN3O2. The lowest BCUT2D eigenvalue weighted by molar-refractivity contribution is 0.368. The van der Waals surface area contributed by atoms with Crippen LogP contribution >= 0.6 is 15.9 Å². The van der Waals surface area contributed by atoms with Crippen molar-refractivity contribution in [3.63, 3.8) is 0 Å². The maximum atomic E-state index is 5.86. The summed E-state index contributed by atoms with van der Waals surface area (Å²) in [4.78, 5) is 4.35. The number of nitrogens with zero attached hydrogens (tertiary/aromatic N) is 2. The van der Waals surface area contributed by atoms with Gasteiger partial charge in [0.2, 0.25) is 11.7 Å². The Morgan fingerprint density at radius 2 is 2.26 bits per heavy atom. The first-order valence-corrected chi connectivity index (χ1v) is 6.85. The number of ether oxygens (including phenoxy) is 1. The van der Waals surface area contributed by atoms with Crippen LogP contribution in [0.2, 0.25) is 0 Å². The molecule has 0 aliphatic rings. The molecule has 1 aromatic carbocycles. The Balaban J connectivity index is 2.20. The summed E-state index contributed by atoms with van der Waals surface area (Å²) >= 11 is 3.43. The van der Waals surface area contributed by atoms with E-state index in [4.69, 9.17) is 15.0 Å². The molecule has 0 aliphatic heterocycles. The second kappa shape index (κ2) is 6.16. The summed E-state index contributed by atoms with van der Waals surface area (Å²) in [5.74, 6) is 1.89. The standard InChI is InChI=1S/C13H16BrN3O2/c1-3-9(15)7-12-16-13(17-19-12)8-4-5-11(18-2)10(14)6-8/h4-6,9H,3,7,15H2,1-2H3. The fourth-order valence-corrected chi connectivity index (χ4v) is 2.17. The van der Waals surface area contributed by atoms with Crippen molar-refractivity contribution in [1.82, 2.24) is 10.1 Å². The Morgan fingerprint density at radius 3 is 2.89 bits per heavy atom. The quantitative estimate of drug-likeness (QED) is 0.914. The molecule has 2 rings (SSSR count). The Bertz CT molecular complexity index is 557. The van der Waals surface area contributed by atoms with Crippen LogP contribution in [0.15, 0.2) is 27.2 Å². The molecule has 1 aromatic heterocycles. The van der Waals surface area contributed by atoms with Crippen molar-refractivity contribution in [3.8, 4) is 17.1 Å². The maximum Gasteiger partial charge on any atom is 0.228 e. The van der Waals surface area contributed by atoms with E-state index in [-0.39, 0.29) is 6.04 Å². The van der Waals surface area contributed by atoms with E-state index in [0.29, 0.717) is 18.1 Å². The van der Waals surface area contributed by atoms with Crippen molar-refractivity contribution >= 4 is 15.9 Å². The Hall–Kier alpha value is -1.40. The highest BCUT2D eigenvalue weighted by Crippen LogP contribution is 2.29. The van der Waals surface area contributed by atoms with Gasteiger partial charge in [-0.05, 0) is 40.5 Å². The van der Waals surface area contributed by atoms with Gasteiger partial charge in [-0.15, -0.1) is 0 Å². The zero-order valence-corrected chi connectivity index (χ0v) is 12.5. The van der Waals surface area contributed by atoms with Crippen LogP contribution in [0, 0.1) is 0 Å². The van der Waals surface area contributed by atoms with Crippen LogP contribution in [0.4, 0.5) is 0 Å². The summed E-state index contributed by atoms with van der Waals surface area (Å²) in [6, 6.07) is 5.69. The van der Waals surface area contributed by atoms with Crippen LogP contribution in [0.5, 0.6) is 5.75 Å². The van der Waals surface area contributed by atoms with Gasteiger partial charge in [-0.3, -0.25) is 0 Å². The monoisotopic (exact) mass is 325 g/mol. The van der Waals surface area contributed by atoms with E-state index < -0.39 is 0 Å². The minimum absolute atomic E-state index is 0.0518. The number of aromatic nitrogens is 2. The first-order valence-electron chi connectivity index (χ1n) is 6.06. The highest BCUT2D eigenvalue weighted by Gasteiger charge is 2.12. The van der Waals surface area contributed by atoms with E-state index in [2.05, 4.69) is 26.1 Å². The predicted octanol–water partition coefficient (Wildman–Crippen LogP) is 2.79. The van der Waals surface area contributed by atoms with E-state index >= 15 is 0 Å². The first kappa shape index (κ1) is 14.0. The summed E-state index contributed by atoms with van der Waals surface area (Å²) in [6.07, 6.45) is 1.48. The molecular weight excluding hydrogens is 310 g/mol. The van der Waals surface area contributed by atoms with Crippen LogP contribution in [-0.4, -0.2) is 23.3 Å². The third kappa shape index (κ3) is 3.33. The summed E-state index contributed by atoms with van der Waals surface area (Å²) < 4.78 is 11.2. The Labute approximate surface area is 120 Å². The van der Waals surface area contributed by atoms with Gasteiger partial charge in [0.1, 0.15) is 5.75 Å². The molecule has 19 heavy (non-hydrogen) atoms. The highest BCUT2D eigenvalue weighted by molar-refractivity contribution is 9.10. The molecule has 1 unspecified atom stereocenters. The zero-order chi connectivity index (χ0) is 13.8. The topological polar surface area (TPSA) is 74.2 Å². The number of hydrogen-bond acceptors (Lipinski definition) is 5. The second-order valence-corrected chi connectivity index (χ2v) is 5.09. The average molecular weight is 326 g/mol. The molecule has 0 radical (unpaired) electrons. The Kier molecular flexibility index (Phi) is 4.55. The largest absolute Gasteiger partial charge is 0.496 e. The SMILES string of the molecule is CCC(N)Cc1nc(-c2ccc(OC)c(Br)c2)no1. The van der Waals surface area contributed by atoms with Crippen LogP contribution in [0.1, 0.15) is 19.2 Å². The lowest BCUT2D eigenvalue weighted by Gasteiger charge is -2.03. The number of nitrogens with two attached hydrogens (primary N) is 1. The molecule has 0 spiro atoms. The first-order chi connectivity index (χ1) is 9.13. The van der Waals surface area contributed by atoms with Gasteiger partial charge in [-0.2, -0.15) is 4.98 Å². The van der Waals surface area contributed by atoms with Gasteiger partial charge in [0.25, 0.3) is 0 Å². The number of rotatable bonds is 5. The minimum Gasteiger partial charge on any atom is -0.496 e. The average Bonchev–Trinajstić information content (AvgIpc) is 2.87. The highest BCUT2D eigenvalue weighted by atomic mass is 79.9. The second-order valence-electron chi connectivity index (χ2n) is 4.23. The van der Waals surface area contributed by atoms with Crippen molar-refractivity contribution < 1.29 is 9.26 Å². The van der Waals surface area contributed by atoms with Crippen LogP contribution in [0.3, 0.4) is 0 Å². The van der Waals surface area contributed by atoms with Crippen molar-refractivity contribution in [2.75, 3.05) is 7.11 Å². The molecule has 0 saturated carbocycles. The van der Waals surface area contributed by atoms with Crippen LogP contribution in [0.25, 0.3) is 11.4 Å². The molecule has 5 nitrogen and oxygen atoms in total. The molecule has 0 fully saturated rings. The molecule has 2 N–H and O–H groups in total. The minimum atomic E-state index is 0.0518. The third-order valence-electron chi connectivity index (χ3n) is 2.84. The van der Waals surface area contributed by atoms with E-state index in [1.807, 2.05) is 25.1 Å². The van der Waals surface area contributed by atoms with E-state index in [0.717, 1.165) is 22.2 Å². The van der Waals surface area contributed by atoms with E-state index in [1.54, 1.807) is 7.11 Å². The number of halogens is 1. The number of hydrogen-bond donors (Lipinski definition) is 1. The number of benzene rings is 1. The van der Waals surface area contributed by atoms with Crippen molar-refractivity contribution in [2.45, 2.75) is 25.8 Å². The van der Waals surface area contributed by atoms with Crippen molar-refractivity contribution in [1.29, 1.82) is 0 Å². The van der Waals surface area contributed by atoms with Gasteiger partial charge < -0.3 is 15.0 Å². The van der Waals surface area contributed by atoms with Gasteiger partial charge in [0, 0.05) is 18.0 Å². The van der Waals surface area contributed by atoms with Gasteiger partial charge in [0.05, 0.1) is 11.6 Å².